The number of aromatic nitrogens is 1. The van der Waals surface area contributed by atoms with Gasteiger partial charge in [-0.1, -0.05) is 0 Å². The lowest BCUT2D eigenvalue weighted by molar-refractivity contribution is 0.461. The Morgan fingerprint density at radius 3 is 2.80 bits per heavy atom. The lowest BCUT2D eigenvalue weighted by Gasteiger charge is -2.06. The first kappa shape index (κ1) is 12.9. The van der Waals surface area contributed by atoms with E-state index < -0.39 is 0 Å². The summed E-state index contributed by atoms with van der Waals surface area (Å²) in [5.41, 5.74) is 1.02. The zero-order valence-corrected chi connectivity index (χ0v) is 12.2. The molecule has 0 N–H and O–H groups in total. The molecule has 0 bridgehead atoms. The second-order valence-corrected chi connectivity index (χ2v) is 5.24. The second kappa shape index (κ2) is 5.09. The molecule has 0 aliphatic heterocycles. The van der Waals surface area contributed by atoms with Gasteiger partial charge in [0.25, 0.3) is 0 Å². The quantitative estimate of drug-likeness (QED) is 0.664. The molecule has 2 heterocycles. The Morgan fingerprint density at radius 2 is 2.05 bits per heavy atom. The number of halogens is 1. The molecular weight excluding hydrogens is 322 g/mol. The minimum atomic E-state index is -0.367. The molecule has 0 unspecified atom stereocenters. The van der Waals surface area contributed by atoms with Crippen LogP contribution in [0.4, 0.5) is 0 Å². The van der Waals surface area contributed by atoms with Crippen LogP contribution in [0.2, 0.25) is 0 Å². The van der Waals surface area contributed by atoms with Crippen molar-refractivity contribution in [3.8, 4) is 11.6 Å². The molecule has 3 aromatic rings. The first-order chi connectivity index (χ1) is 9.61. The van der Waals surface area contributed by atoms with Crippen molar-refractivity contribution in [1.29, 1.82) is 0 Å². The molecule has 0 fully saturated rings. The highest BCUT2D eigenvalue weighted by Crippen LogP contribution is 2.25. The average molecular weight is 332 g/mol. The lowest BCUT2D eigenvalue weighted by atomic mass is 10.1. The molecule has 0 saturated heterocycles. The van der Waals surface area contributed by atoms with Gasteiger partial charge < -0.3 is 9.15 Å². The number of hydrogen-bond donors (Lipinski definition) is 0. The van der Waals surface area contributed by atoms with Gasteiger partial charge in [-0.15, -0.1) is 0 Å². The Bertz CT molecular complexity index is 825. The van der Waals surface area contributed by atoms with Crippen molar-refractivity contribution in [3.05, 3.63) is 63.1 Å². The van der Waals surface area contributed by atoms with Crippen LogP contribution in [-0.4, -0.2) is 4.98 Å². The fourth-order valence-electron chi connectivity index (χ4n) is 1.91. The number of aryl methyl sites for hydroxylation is 1. The SMILES string of the molecule is Cc1cc(=O)oc2cc(Oc3ccc(Br)cn3)ccc12. The summed E-state index contributed by atoms with van der Waals surface area (Å²) in [6.45, 7) is 1.87. The number of hydrogen-bond acceptors (Lipinski definition) is 4. The third-order valence-corrected chi connectivity index (χ3v) is 3.31. The van der Waals surface area contributed by atoms with E-state index in [0.29, 0.717) is 17.2 Å². The van der Waals surface area contributed by atoms with Crippen LogP contribution in [0.5, 0.6) is 11.6 Å². The minimum Gasteiger partial charge on any atom is -0.439 e. The van der Waals surface area contributed by atoms with Gasteiger partial charge in [-0.25, -0.2) is 9.78 Å². The Kier molecular flexibility index (Phi) is 3.28. The fourth-order valence-corrected chi connectivity index (χ4v) is 2.15. The second-order valence-electron chi connectivity index (χ2n) is 4.32. The smallest absolute Gasteiger partial charge is 0.336 e. The normalized spacial score (nSPS) is 10.7. The van der Waals surface area contributed by atoms with Gasteiger partial charge in [0, 0.05) is 34.3 Å². The molecule has 5 heteroatoms. The topological polar surface area (TPSA) is 52.3 Å². The summed E-state index contributed by atoms with van der Waals surface area (Å²) >= 11 is 3.31. The molecule has 100 valence electrons. The summed E-state index contributed by atoms with van der Waals surface area (Å²) in [6.07, 6.45) is 1.65. The Balaban J connectivity index is 2.00. The maximum Gasteiger partial charge on any atom is 0.336 e. The molecule has 0 atom stereocenters. The first-order valence-corrected chi connectivity index (χ1v) is 6.75. The van der Waals surface area contributed by atoms with Crippen LogP contribution in [0.3, 0.4) is 0 Å². The highest BCUT2D eigenvalue weighted by atomic mass is 79.9. The van der Waals surface area contributed by atoms with Gasteiger partial charge in [-0.3, -0.25) is 0 Å². The van der Waals surface area contributed by atoms with E-state index >= 15 is 0 Å². The predicted octanol–water partition coefficient (Wildman–Crippen LogP) is 4.05. The molecule has 4 nitrogen and oxygen atoms in total. The van der Waals surface area contributed by atoms with E-state index in [2.05, 4.69) is 20.9 Å². The zero-order valence-electron chi connectivity index (χ0n) is 10.6. The summed E-state index contributed by atoms with van der Waals surface area (Å²) in [4.78, 5) is 15.5. The third kappa shape index (κ3) is 2.58. The Hall–Kier alpha value is -2.14. The molecule has 1 aromatic carbocycles. The van der Waals surface area contributed by atoms with E-state index in [0.717, 1.165) is 15.4 Å². The van der Waals surface area contributed by atoms with Crippen molar-refractivity contribution in [2.45, 2.75) is 6.92 Å². The highest BCUT2D eigenvalue weighted by molar-refractivity contribution is 9.10. The largest absolute Gasteiger partial charge is 0.439 e. The van der Waals surface area contributed by atoms with Gasteiger partial charge in [0.1, 0.15) is 11.3 Å². The molecule has 0 aliphatic carbocycles. The summed E-state index contributed by atoms with van der Waals surface area (Å²) in [5, 5.41) is 0.890. The van der Waals surface area contributed by atoms with Crippen LogP contribution in [-0.2, 0) is 0 Å². The van der Waals surface area contributed by atoms with Gasteiger partial charge in [-0.2, -0.15) is 0 Å². The van der Waals surface area contributed by atoms with E-state index in [9.17, 15) is 4.79 Å². The monoisotopic (exact) mass is 331 g/mol. The van der Waals surface area contributed by atoms with Gasteiger partial charge in [0.05, 0.1) is 0 Å². The fraction of sp³-hybridized carbons (Fsp3) is 0.0667. The van der Waals surface area contributed by atoms with Crippen LogP contribution in [0.15, 0.2) is 56.3 Å². The first-order valence-electron chi connectivity index (χ1n) is 5.96. The molecule has 0 saturated carbocycles. The van der Waals surface area contributed by atoms with E-state index in [-0.39, 0.29) is 5.63 Å². The maximum atomic E-state index is 11.4. The van der Waals surface area contributed by atoms with E-state index in [1.807, 2.05) is 25.1 Å². The number of rotatable bonds is 2. The van der Waals surface area contributed by atoms with Crippen molar-refractivity contribution in [2.75, 3.05) is 0 Å². The summed E-state index contributed by atoms with van der Waals surface area (Å²) in [5.74, 6) is 1.05. The van der Waals surface area contributed by atoms with Crippen molar-refractivity contribution in [3.63, 3.8) is 0 Å². The maximum absolute atomic E-state index is 11.4. The van der Waals surface area contributed by atoms with E-state index in [1.165, 1.54) is 6.07 Å². The minimum absolute atomic E-state index is 0.367. The summed E-state index contributed by atoms with van der Waals surface area (Å²) < 4.78 is 11.7. The van der Waals surface area contributed by atoms with Crippen LogP contribution < -0.4 is 10.4 Å². The van der Waals surface area contributed by atoms with Crippen LogP contribution >= 0.6 is 15.9 Å². The van der Waals surface area contributed by atoms with Crippen LogP contribution in [0, 0.1) is 6.92 Å². The summed E-state index contributed by atoms with van der Waals surface area (Å²) in [7, 11) is 0. The van der Waals surface area contributed by atoms with Crippen LogP contribution in [0.25, 0.3) is 11.0 Å². The highest BCUT2D eigenvalue weighted by Gasteiger charge is 2.05. The van der Waals surface area contributed by atoms with Gasteiger partial charge in [-0.05, 0) is 46.6 Å². The lowest BCUT2D eigenvalue weighted by Crippen LogP contribution is -1.97. The van der Waals surface area contributed by atoms with Gasteiger partial charge in [0.2, 0.25) is 5.88 Å². The van der Waals surface area contributed by atoms with Crippen molar-refractivity contribution in [1.82, 2.24) is 4.98 Å². The molecule has 0 radical (unpaired) electrons. The number of nitrogens with zero attached hydrogens (tertiary/aromatic N) is 1. The molecule has 0 amide bonds. The average Bonchev–Trinajstić information content (AvgIpc) is 2.41. The third-order valence-electron chi connectivity index (χ3n) is 2.85. The molecule has 0 aliphatic rings. The number of benzene rings is 1. The van der Waals surface area contributed by atoms with Crippen molar-refractivity contribution < 1.29 is 9.15 Å². The van der Waals surface area contributed by atoms with Crippen LogP contribution in [0.1, 0.15) is 5.56 Å². The molecular formula is C15H10BrNO3. The Labute approximate surface area is 123 Å². The van der Waals surface area contributed by atoms with E-state index in [1.54, 1.807) is 18.3 Å². The molecule has 2 aromatic heterocycles. The number of fused-ring (bicyclic) bond motifs is 1. The molecule has 3 rings (SSSR count). The van der Waals surface area contributed by atoms with Gasteiger partial charge in [0.15, 0.2) is 0 Å². The zero-order chi connectivity index (χ0) is 14.1. The van der Waals surface area contributed by atoms with E-state index in [4.69, 9.17) is 9.15 Å². The molecule has 0 spiro atoms. The predicted molar refractivity (Wildman–Crippen MR) is 79.2 cm³/mol. The van der Waals surface area contributed by atoms with Crippen molar-refractivity contribution >= 4 is 26.9 Å². The van der Waals surface area contributed by atoms with Gasteiger partial charge >= 0.3 is 5.63 Å². The standard InChI is InChI=1S/C15H10BrNO3/c1-9-6-15(18)20-13-7-11(3-4-12(9)13)19-14-5-2-10(16)8-17-14/h2-8H,1H3. The number of pyridine rings is 1. The molecule has 20 heavy (non-hydrogen) atoms. The number of ether oxygens (including phenoxy) is 1. The summed E-state index contributed by atoms with van der Waals surface area (Å²) in [6, 6.07) is 10.4. The Morgan fingerprint density at radius 1 is 1.20 bits per heavy atom. The van der Waals surface area contributed by atoms with Crippen molar-refractivity contribution in [2.24, 2.45) is 0 Å².